The molecule has 0 unspecified atom stereocenters. The third-order valence-electron chi connectivity index (χ3n) is 4.15. The Hall–Kier alpha value is -2.92. The first-order valence-corrected chi connectivity index (χ1v) is 9.75. The highest BCUT2D eigenvalue weighted by molar-refractivity contribution is 7.90. The van der Waals surface area contributed by atoms with Crippen molar-refractivity contribution in [3.8, 4) is 22.5 Å². The molecule has 0 fully saturated rings. The van der Waals surface area contributed by atoms with Gasteiger partial charge in [0.2, 0.25) is 0 Å². The lowest BCUT2D eigenvalue weighted by atomic mass is 10.0. The van der Waals surface area contributed by atoms with E-state index in [0.717, 1.165) is 28.0 Å². The van der Waals surface area contributed by atoms with Gasteiger partial charge in [-0.3, -0.25) is 0 Å². The van der Waals surface area contributed by atoms with E-state index in [-0.39, 0.29) is 4.90 Å². The first-order valence-electron chi connectivity index (χ1n) is 7.86. The summed E-state index contributed by atoms with van der Waals surface area (Å²) in [7, 11) is -3.23. The highest BCUT2D eigenvalue weighted by Gasteiger charge is 2.11. The number of H-pyrrole nitrogens is 1. The predicted molar refractivity (Wildman–Crippen MR) is 100 cm³/mol. The fraction of sp³-hybridized carbons (Fsp3) is 0.0500. The first-order chi connectivity index (χ1) is 12.0. The molecule has 0 amide bonds. The Bertz CT molecular complexity index is 1150. The quantitative estimate of drug-likeness (QED) is 0.600. The topological polar surface area (TPSA) is 62.8 Å². The van der Waals surface area contributed by atoms with Crippen LogP contribution in [0.15, 0.2) is 77.7 Å². The molecule has 5 heteroatoms. The molecule has 0 atom stereocenters. The van der Waals surface area contributed by atoms with Crippen molar-refractivity contribution in [2.24, 2.45) is 0 Å². The molecule has 1 heterocycles. The number of hydrogen-bond donors (Lipinski definition) is 1. The van der Waals surface area contributed by atoms with E-state index in [1.165, 1.54) is 6.26 Å². The average Bonchev–Trinajstić information content (AvgIpc) is 3.05. The molecule has 0 radical (unpaired) electrons. The number of imidazole rings is 1. The molecule has 0 aliphatic heterocycles. The van der Waals surface area contributed by atoms with Gasteiger partial charge in [-0.2, -0.15) is 0 Å². The molecule has 0 aliphatic rings. The summed E-state index contributed by atoms with van der Waals surface area (Å²) in [5.41, 5.74) is 4.72. The summed E-state index contributed by atoms with van der Waals surface area (Å²) >= 11 is 0. The lowest BCUT2D eigenvalue weighted by molar-refractivity contribution is 0.602. The molecule has 4 rings (SSSR count). The molecule has 0 spiro atoms. The van der Waals surface area contributed by atoms with Gasteiger partial charge in [-0.25, -0.2) is 13.4 Å². The number of fused-ring (bicyclic) bond motifs is 1. The summed E-state index contributed by atoms with van der Waals surface area (Å²) in [6, 6.07) is 23.2. The van der Waals surface area contributed by atoms with Crippen molar-refractivity contribution in [1.82, 2.24) is 9.97 Å². The van der Waals surface area contributed by atoms with Crippen LogP contribution in [0.25, 0.3) is 33.5 Å². The third kappa shape index (κ3) is 3.06. The van der Waals surface area contributed by atoms with Crippen LogP contribution < -0.4 is 0 Å². The molecule has 0 aliphatic carbocycles. The largest absolute Gasteiger partial charge is 0.338 e. The lowest BCUT2D eigenvalue weighted by Crippen LogP contribution is -1.96. The number of nitrogens with one attached hydrogen (secondary N) is 1. The van der Waals surface area contributed by atoms with Crippen LogP contribution in [0.2, 0.25) is 0 Å². The first kappa shape index (κ1) is 15.6. The standard InChI is InChI=1S/C20H16N2O2S/c1-25(23,24)17-11-12-18-19(13-17)22-20(21-18)16-9-7-15(8-10-16)14-5-3-2-4-6-14/h2-13H,1H3,(H,21,22). The summed E-state index contributed by atoms with van der Waals surface area (Å²) in [6.45, 7) is 0. The second-order valence-corrected chi connectivity index (χ2v) is 8.00. The van der Waals surface area contributed by atoms with E-state index in [4.69, 9.17) is 0 Å². The molecule has 3 aromatic carbocycles. The van der Waals surface area contributed by atoms with Crippen LogP contribution in [0.5, 0.6) is 0 Å². The Kier molecular flexibility index (Phi) is 3.66. The van der Waals surface area contributed by atoms with Crippen molar-refractivity contribution < 1.29 is 8.42 Å². The van der Waals surface area contributed by atoms with Crippen LogP contribution >= 0.6 is 0 Å². The molecule has 0 bridgehead atoms. The van der Waals surface area contributed by atoms with Crippen LogP contribution in [0.1, 0.15) is 0 Å². The summed E-state index contributed by atoms with van der Waals surface area (Å²) in [5.74, 6) is 0.722. The lowest BCUT2D eigenvalue weighted by Gasteiger charge is -2.02. The fourth-order valence-corrected chi connectivity index (χ4v) is 3.45. The van der Waals surface area contributed by atoms with E-state index in [0.29, 0.717) is 5.52 Å². The summed E-state index contributed by atoms with van der Waals surface area (Å²) < 4.78 is 23.4. The molecular weight excluding hydrogens is 332 g/mol. The van der Waals surface area contributed by atoms with Crippen molar-refractivity contribution >= 4 is 20.9 Å². The van der Waals surface area contributed by atoms with Gasteiger partial charge < -0.3 is 4.98 Å². The number of nitrogens with zero attached hydrogens (tertiary/aromatic N) is 1. The normalized spacial score (nSPS) is 11.7. The minimum Gasteiger partial charge on any atom is -0.338 e. The van der Waals surface area contributed by atoms with E-state index in [1.54, 1.807) is 18.2 Å². The molecule has 4 aromatic rings. The number of sulfone groups is 1. The van der Waals surface area contributed by atoms with E-state index in [1.807, 2.05) is 30.3 Å². The second kappa shape index (κ2) is 5.86. The van der Waals surface area contributed by atoms with Gasteiger partial charge >= 0.3 is 0 Å². The van der Waals surface area contributed by atoms with E-state index >= 15 is 0 Å². The number of aromatic nitrogens is 2. The highest BCUT2D eigenvalue weighted by atomic mass is 32.2. The van der Waals surface area contributed by atoms with Gasteiger partial charge in [0.05, 0.1) is 15.9 Å². The molecule has 1 N–H and O–H groups in total. The Morgan fingerprint density at radius 3 is 2.12 bits per heavy atom. The van der Waals surface area contributed by atoms with Crippen LogP contribution in [0.4, 0.5) is 0 Å². The fourth-order valence-electron chi connectivity index (χ4n) is 2.81. The summed E-state index contributed by atoms with van der Waals surface area (Å²) in [4.78, 5) is 8.05. The molecule has 124 valence electrons. The van der Waals surface area contributed by atoms with Gasteiger partial charge in [-0.05, 0) is 29.3 Å². The molecule has 1 aromatic heterocycles. The van der Waals surface area contributed by atoms with Gasteiger partial charge in [0.25, 0.3) is 0 Å². The smallest absolute Gasteiger partial charge is 0.175 e. The van der Waals surface area contributed by atoms with Crippen molar-refractivity contribution in [2.75, 3.05) is 6.26 Å². The van der Waals surface area contributed by atoms with Crippen LogP contribution in [-0.4, -0.2) is 24.6 Å². The van der Waals surface area contributed by atoms with Crippen molar-refractivity contribution in [3.63, 3.8) is 0 Å². The van der Waals surface area contributed by atoms with Gasteiger partial charge in [0.1, 0.15) is 5.82 Å². The highest BCUT2D eigenvalue weighted by Crippen LogP contribution is 2.26. The maximum atomic E-state index is 11.7. The van der Waals surface area contributed by atoms with Crippen LogP contribution in [-0.2, 0) is 9.84 Å². The third-order valence-corrected chi connectivity index (χ3v) is 5.26. The number of rotatable bonds is 3. The average molecular weight is 348 g/mol. The maximum Gasteiger partial charge on any atom is 0.175 e. The van der Waals surface area contributed by atoms with Crippen molar-refractivity contribution in [1.29, 1.82) is 0 Å². The maximum absolute atomic E-state index is 11.7. The van der Waals surface area contributed by atoms with Crippen molar-refractivity contribution in [2.45, 2.75) is 4.90 Å². The zero-order valence-corrected chi connectivity index (χ0v) is 14.4. The minimum absolute atomic E-state index is 0.287. The van der Waals surface area contributed by atoms with Gasteiger partial charge in [-0.1, -0.05) is 54.6 Å². The van der Waals surface area contributed by atoms with Crippen LogP contribution in [0, 0.1) is 0 Å². The number of benzene rings is 3. The minimum atomic E-state index is -3.23. The monoisotopic (exact) mass is 348 g/mol. The molecular formula is C20H16N2O2S. The zero-order valence-electron chi connectivity index (χ0n) is 13.6. The van der Waals surface area contributed by atoms with Crippen LogP contribution in [0.3, 0.4) is 0 Å². The molecule has 25 heavy (non-hydrogen) atoms. The number of hydrogen-bond acceptors (Lipinski definition) is 3. The molecule has 0 saturated heterocycles. The van der Waals surface area contributed by atoms with Gasteiger partial charge in [0, 0.05) is 11.8 Å². The molecule has 4 nitrogen and oxygen atoms in total. The summed E-state index contributed by atoms with van der Waals surface area (Å²) in [5, 5.41) is 0. The Morgan fingerprint density at radius 1 is 0.800 bits per heavy atom. The van der Waals surface area contributed by atoms with E-state index in [2.05, 4.69) is 34.2 Å². The SMILES string of the molecule is CS(=O)(=O)c1ccc2nc(-c3ccc(-c4ccccc4)cc3)[nH]c2c1. The molecule has 0 saturated carbocycles. The number of aromatic amines is 1. The zero-order chi connectivity index (χ0) is 17.4. The van der Waals surface area contributed by atoms with E-state index < -0.39 is 9.84 Å². The second-order valence-electron chi connectivity index (χ2n) is 5.98. The van der Waals surface area contributed by atoms with E-state index in [9.17, 15) is 8.42 Å². The van der Waals surface area contributed by atoms with Gasteiger partial charge in [0.15, 0.2) is 9.84 Å². The Balaban J connectivity index is 1.72. The Labute approximate surface area is 146 Å². The Morgan fingerprint density at radius 2 is 1.44 bits per heavy atom. The predicted octanol–water partition coefficient (Wildman–Crippen LogP) is 4.30. The van der Waals surface area contributed by atoms with Gasteiger partial charge in [-0.15, -0.1) is 0 Å². The summed E-state index contributed by atoms with van der Waals surface area (Å²) in [6.07, 6.45) is 1.20. The van der Waals surface area contributed by atoms with Crippen molar-refractivity contribution in [3.05, 3.63) is 72.8 Å².